The number of aliphatic imine (C=N–C) groups is 1. The first-order chi connectivity index (χ1) is 13.2. The van der Waals surface area contributed by atoms with Crippen molar-refractivity contribution in [1.82, 2.24) is 15.1 Å². The number of hydrogen-bond donors (Lipinski definition) is 2. The Morgan fingerprint density at radius 1 is 1.33 bits per heavy atom. The zero-order chi connectivity index (χ0) is 19.1. The van der Waals surface area contributed by atoms with E-state index in [0.29, 0.717) is 12.5 Å². The number of phenolic OH excluding ortho intramolecular Hbond substituents is 1. The topological polar surface area (TPSA) is 69.6 Å². The van der Waals surface area contributed by atoms with Gasteiger partial charge in [-0.3, -0.25) is 4.90 Å². The third kappa shape index (κ3) is 5.49. The molecule has 1 aromatic rings. The molecule has 0 aromatic heterocycles. The van der Waals surface area contributed by atoms with Crippen LogP contribution in [0.1, 0.15) is 18.9 Å². The van der Waals surface area contributed by atoms with Crippen LogP contribution in [0.25, 0.3) is 0 Å². The van der Waals surface area contributed by atoms with E-state index in [1.165, 1.54) is 6.42 Å². The monoisotopic (exact) mass is 376 g/mol. The SMILES string of the molecule is CCNC(=NCc1cc(OC)ccc1O)N1CCC(CN2CCOCC2)C1. The highest BCUT2D eigenvalue weighted by atomic mass is 16.5. The van der Waals surface area contributed by atoms with Crippen molar-refractivity contribution < 1.29 is 14.6 Å². The van der Waals surface area contributed by atoms with Gasteiger partial charge in [0.15, 0.2) is 5.96 Å². The summed E-state index contributed by atoms with van der Waals surface area (Å²) in [4.78, 5) is 9.61. The van der Waals surface area contributed by atoms with Gasteiger partial charge in [0.1, 0.15) is 11.5 Å². The molecule has 2 saturated heterocycles. The minimum absolute atomic E-state index is 0.252. The van der Waals surface area contributed by atoms with Crippen LogP contribution in [0.15, 0.2) is 23.2 Å². The summed E-state index contributed by atoms with van der Waals surface area (Å²) in [5, 5.41) is 13.5. The molecule has 1 aromatic carbocycles. The summed E-state index contributed by atoms with van der Waals surface area (Å²) in [6.45, 7) is 10.3. The number of benzene rings is 1. The van der Waals surface area contributed by atoms with Gasteiger partial charge in [0.05, 0.1) is 26.9 Å². The van der Waals surface area contributed by atoms with Gasteiger partial charge in [-0.05, 0) is 37.5 Å². The largest absolute Gasteiger partial charge is 0.508 e. The van der Waals surface area contributed by atoms with Crippen molar-refractivity contribution in [2.45, 2.75) is 19.9 Å². The Morgan fingerprint density at radius 2 is 2.15 bits per heavy atom. The maximum atomic E-state index is 10.1. The number of likely N-dealkylation sites (tertiary alicyclic amines) is 1. The smallest absolute Gasteiger partial charge is 0.194 e. The number of aromatic hydroxyl groups is 1. The van der Waals surface area contributed by atoms with Gasteiger partial charge < -0.3 is 24.8 Å². The Kier molecular flexibility index (Phi) is 7.18. The molecule has 2 heterocycles. The molecule has 0 bridgehead atoms. The lowest BCUT2D eigenvalue weighted by molar-refractivity contribution is 0.0315. The fourth-order valence-electron chi connectivity index (χ4n) is 3.72. The van der Waals surface area contributed by atoms with E-state index in [1.54, 1.807) is 19.2 Å². The van der Waals surface area contributed by atoms with Crippen molar-refractivity contribution >= 4 is 5.96 Å². The lowest BCUT2D eigenvalue weighted by atomic mass is 10.1. The predicted octanol–water partition coefficient (Wildman–Crippen LogP) is 1.52. The molecule has 150 valence electrons. The molecule has 0 aliphatic carbocycles. The molecule has 1 unspecified atom stereocenters. The number of morpholine rings is 1. The number of phenols is 1. The van der Waals surface area contributed by atoms with E-state index in [1.807, 2.05) is 6.07 Å². The van der Waals surface area contributed by atoms with Crippen molar-refractivity contribution in [1.29, 1.82) is 0 Å². The number of guanidine groups is 1. The Balaban J connectivity index is 1.60. The van der Waals surface area contributed by atoms with Crippen LogP contribution in [-0.4, -0.2) is 80.5 Å². The maximum absolute atomic E-state index is 10.1. The zero-order valence-corrected chi connectivity index (χ0v) is 16.5. The summed E-state index contributed by atoms with van der Waals surface area (Å²) in [6.07, 6.45) is 1.19. The van der Waals surface area contributed by atoms with Gasteiger partial charge in [-0.25, -0.2) is 4.99 Å². The Labute approximate surface area is 162 Å². The predicted molar refractivity (Wildman–Crippen MR) is 106 cm³/mol. The van der Waals surface area contributed by atoms with Crippen molar-refractivity contribution in [3.63, 3.8) is 0 Å². The Bertz CT molecular complexity index is 632. The van der Waals surface area contributed by atoms with Crippen LogP contribution in [0.4, 0.5) is 0 Å². The van der Waals surface area contributed by atoms with E-state index < -0.39 is 0 Å². The highest BCUT2D eigenvalue weighted by Gasteiger charge is 2.27. The van der Waals surface area contributed by atoms with Gasteiger partial charge in [-0.15, -0.1) is 0 Å². The van der Waals surface area contributed by atoms with Crippen molar-refractivity contribution in [2.24, 2.45) is 10.9 Å². The van der Waals surface area contributed by atoms with Crippen LogP contribution in [0, 0.1) is 5.92 Å². The van der Waals surface area contributed by atoms with Gasteiger partial charge in [0.25, 0.3) is 0 Å². The zero-order valence-electron chi connectivity index (χ0n) is 16.5. The first kappa shape index (κ1) is 19.8. The second-order valence-corrected chi connectivity index (χ2v) is 7.18. The van der Waals surface area contributed by atoms with E-state index in [4.69, 9.17) is 14.5 Å². The molecule has 0 amide bonds. The lowest BCUT2D eigenvalue weighted by Gasteiger charge is -2.29. The summed E-state index contributed by atoms with van der Waals surface area (Å²) < 4.78 is 10.7. The standard InChI is InChI=1S/C20H32N4O3/c1-3-21-20(22-13-17-12-18(26-2)4-5-19(17)25)24-7-6-16(15-24)14-23-8-10-27-11-9-23/h4-5,12,16,25H,3,6-11,13-15H2,1-2H3,(H,21,22). The summed E-state index contributed by atoms with van der Waals surface area (Å²) >= 11 is 0. The van der Waals surface area contributed by atoms with Crippen LogP contribution in [-0.2, 0) is 11.3 Å². The minimum atomic E-state index is 0.252. The second-order valence-electron chi connectivity index (χ2n) is 7.18. The summed E-state index contributed by atoms with van der Waals surface area (Å²) in [5.74, 6) is 2.57. The highest BCUT2D eigenvalue weighted by Crippen LogP contribution is 2.24. The molecule has 2 N–H and O–H groups in total. The normalized spacial score (nSPS) is 21.5. The van der Waals surface area contributed by atoms with Crippen LogP contribution in [0.2, 0.25) is 0 Å². The van der Waals surface area contributed by atoms with E-state index >= 15 is 0 Å². The molecular formula is C20H32N4O3. The number of rotatable bonds is 6. The van der Waals surface area contributed by atoms with Gasteiger partial charge in [-0.2, -0.15) is 0 Å². The molecule has 7 nitrogen and oxygen atoms in total. The van der Waals surface area contributed by atoms with Crippen LogP contribution in [0.5, 0.6) is 11.5 Å². The average molecular weight is 377 g/mol. The first-order valence-corrected chi connectivity index (χ1v) is 9.88. The number of nitrogens with one attached hydrogen (secondary N) is 1. The van der Waals surface area contributed by atoms with Gasteiger partial charge in [0, 0.05) is 44.8 Å². The van der Waals surface area contributed by atoms with E-state index in [9.17, 15) is 5.11 Å². The van der Waals surface area contributed by atoms with Crippen molar-refractivity contribution in [3.8, 4) is 11.5 Å². The maximum Gasteiger partial charge on any atom is 0.194 e. The van der Waals surface area contributed by atoms with Crippen LogP contribution < -0.4 is 10.1 Å². The summed E-state index contributed by atoms with van der Waals surface area (Å²) in [6, 6.07) is 5.25. The van der Waals surface area contributed by atoms with Crippen molar-refractivity contribution in [2.75, 3.05) is 59.6 Å². The molecule has 27 heavy (non-hydrogen) atoms. The van der Waals surface area contributed by atoms with Crippen LogP contribution in [0.3, 0.4) is 0 Å². The fourth-order valence-corrected chi connectivity index (χ4v) is 3.72. The van der Waals surface area contributed by atoms with Gasteiger partial charge in [-0.1, -0.05) is 0 Å². The highest BCUT2D eigenvalue weighted by molar-refractivity contribution is 5.80. The lowest BCUT2D eigenvalue weighted by Crippen LogP contribution is -2.42. The quantitative estimate of drug-likeness (QED) is 0.580. The number of nitrogens with zero attached hydrogens (tertiary/aromatic N) is 3. The van der Waals surface area contributed by atoms with E-state index in [0.717, 1.165) is 69.8 Å². The van der Waals surface area contributed by atoms with E-state index in [2.05, 4.69) is 22.0 Å². The molecule has 0 spiro atoms. The molecule has 2 aliphatic rings. The van der Waals surface area contributed by atoms with Gasteiger partial charge >= 0.3 is 0 Å². The molecule has 0 radical (unpaired) electrons. The average Bonchev–Trinajstić information content (AvgIpc) is 3.15. The fraction of sp³-hybridized carbons (Fsp3) is 0.650. The van der Waals surface area contributed by atoms with Crippen LogP contribution >= 0.6 is 0 Å². The number of hydrogen-bond acceptors (Lipinski definition) is 5. The number of methoxy groups -OCH3 is 1. The summed E-state index contributed by atoms with van der Waals surface area (Å²) in [5.41, 5.74) is 0.772. The Hall–Kier alpha value is -1.99. The number of ether oxygens (including phenoxy) is 2. The summed E-state index contributed by atoms with van der Waals surface area (Å²) in [7, 11) is 1.63. The van der Waals surface area contributed by atoms with E-state index in [-0.39, 0.29) is 5.75 Å². The van der Waals surface area contributed by atoms with Crippen molar-refractivity contribution in [3.05, 3.63) is 23.8 Å². The molecule has 0 saturated carbocycles. The third-order valence-corrected chi connectivity index (χ3v) is 5.23. The minimum Gasteiger partial charge on any atom is -0.508 e. The molecule has 2 aliphatic heterocycles. The molecule has 3 rings (SSSR count). The molecule has 7 heteroatoms. The first-order valence-electron chi connectivity index (χ1n) is 9.88. The molecule has 2 fully saturated rings. The second kappa shape index (κ2) is 9.80. The van der Waals surface area contributed by atoms with Gasteiger partial charge in [0.2, 0.25) is 0 Å². The molecular weight excluding hydrogens is 344 g/mol. The third-order valence-electron chi connectivity index (χ3n) is 5.23. The molecule has 1 atom stereocenters. The Morgan fingerprint density at radius 3 is 2.89 bits per heavy atom.